The van der Waals surface area contributed by atoms with Gasteiger partial charge in [0.25, 0.3) is 0 Å². The van der Waals surface area contributed by atoms with Gasteiger partial charge in [0.15, 0.2) is 0 Å². The van der Waals surface area contributed by atoms with Crippen LogP contribution in [0.4, 0.5) is 4.39 Å². The Labute approximate surface area is 129 Å². The highest BCUT2D eigenvalue weighted by molar-refractivity contribution is 5.59. The summed E-state index contributed by atoms with van der Waals surface area (Å²) in [6.45, 7) is 1.90. The number of rotatable bonds is 6. The van der Waals surface area contributed by atoms with Crippen LogP contribution in [0.5, 0.6) is 0 Å². The summed E-state index contributed by atoms with van der Waals surface area (Å²) >= 11 is 0. The number of nitrogens with zero attached hydrogens (tertiary/aromatic N) is 2. The topological polar surface area (TPSA) is 53.5 Å². The summed E-state index contributed by atoms with van der Waals surface area (Å²) in [7, 11) is 4.49. The molecule has 0 N–H and O–H groups in total. The van der Waals surface area contributed by atoms with Crippen LogP contribution in [-0.2, 0) is 14.2 Å². The Bertz CT molecular complexity index is 633. The smallest absolute Gasteiger partial charge is 0.203 e. The summed E-state index contributed by atoms with van der Waals surface area (Å²) in [5, 5.41) is 0. The lowest BCUT2D eigenvalue weighted by molar-refractivity contribution is -0.110. The van der Waals surface area contributed by atoms with Crippen LogP contribution in [0.25, 0.3) is 11.3 Å². The molecular weight excluding hydrogens is 287 g/mol. The van der Waals surface area contributed by atoms with Crippen molar-refractivity contribution in [1.82, 2.24) is 9.97 Å². The number of aromatic nitrogens is 2. The molecule has 0 amide bonds. The fraction of sp³-hybridized carbons (Fsp3) is 0.375. The van der Waals surface area contributed by atoms with Crippen LogP contribution in [0.1, 0.15) is 30.7 Å². The summed E-state index contributed by atoms with van der Waals surface area (Å²) in [4.78, 5) is 8.58. The van der Waals surface area contributed by atoms with E-state index in [0.29, 0.717) is 5.69 Å². The number of pyridine rings is 2. The fourth-order valence-electron chi connectivity index (χ4n) is 2.05. The Morgan fingerprint density at radius 2 is 1.77 bits per heavy atom. The van der Waals surface area contributed by atoms with E-state index in [0.717, 1.165) is 11.3 Å². The minimum Gasteiger partial charge on any atom is -0.375 e. The SMILES string of the molecule is COC(C)c1cc(-c2ccc(F)c(C(OC)OC)n2)ccn1. The summed E-state index contributed by atoms with van der Waals surface area (Å²) in [5.74, 6) is -0.475. The van der Waals surface area contributed by atoms with Crippen LogP contribution >= 0.6 is 0 Å². The van der Waals surface area contributed by atoms with Gasteiger partial charge in [0, 0.05) is 33.1 Å². The van der Waals surface area contributed by atoms with E-state index in [9.17, 15) is 4.39 Å². The lowest BCUT2D eigenvalue weighted by Crippen LogP contribution is -2.09. The minimum atomic E-state index is -0.848. The molecule has 1 unspecified atom stereocenters. The van der Waals surface area contributed by atoms with Crippen molar-refractivity contribution in [3.63, 3.8) is 0 Å². The quantitative estimate of drug-likeness (QED) is 0.767. The third kappa shape index (κ3) is 3.47. The zero-order valence-electron chi connectivity index (χ0n) is 13.0. The molecule has 0 saturated heterocycles. The van der Waals surface area contributed by atoms with Crippen molar-refractivity contribution >= 4 is 0 Å². The Kier molecular flexibility index (Phi) is 5.54. The Hall–Kier alpha value is -1.89. The average molecular weight is 306 g/mol. The van der Waals surface area contributed by atoms with E-state index < -0.39 is 12.1 Å². The Morgan fingerprint density at radius 3 is 2.41 bits per heavy atom. The molecule has 2 heterocycles. The second-order valence-corrected chi connectivity index (χ2v) is 4.71. The van der Waals surface area contributed by atoms with Gasteiger partial charge < -0.3 is 14.2 Å². The predicted octanol–water partition coefficient (Wildman–Crippen LogP) is 3.28. The summed E-state index contributed by atoms with van der Waals surface area (Å²) < 4.78 is 29.3. The van der Waals surface area contributed by atoms with Gasteiger partial charge in [-0.3, -0.25) is 4.98 Å². The molecule has 0 bridgehead atoms. The average Bonchev–Trinajstić information content (AvgIpc) is 2.57. The maximum absolute atomic E-state index is 13.9. The van der Waals surface area contributed by atoms with Crippen molar-refractivity contribution in [2.45, 2.75) is 19.3 Å². The first kappa shape index (κ1) is 16.5. The number of hydrogen-bond donors (Lipinski definition) is 0. The van der Waals surface area contributed by atoms with E-state index >= 15 is 0 Å². The predicted molar refractivity (Wildman–Crippen MR) is 79.6 cm³/mol. The van der Waals surface area contributed by atoms with E-state index in [4.69, 9.17) is 14.2 Å². The second kappa shape index (κ2) is 7.40. The molecule has 0 aliphatic rings. The third-order valence-corrected chi connectivity index (χ3v) is 3.37. The van der Waals surface area contributed by atoms with Gasteiger partial charge in [-0.1, -0.05) is 0 Å². The number of hydrogen-bond acceptors (Lipinski definition) is 5. The van der Waals surface area contributed by atoms with Gasteiger partial charge in [-0.2, -0.15) is 0 Å². The van der Waals surface area contributed by atoms with E-state index in [2.05, 4.69) is 9.97 Å². The molecule has 2 aromatic heterocycles. The zero-order valence-corrected chi connectivity index (χ0v) is 13.0. The highest BCUT2D eigenvalue weighted by atomic mass is 19.1. The largest absolute Gasteiger partial charge is 0.375 e. The molecule has 0 fully saturated rings. The molecule has 6 heteroatoms. The number of ether oxygens (including phenoxy) is 3. The number of methoxy groups -OCH3 is 3. The number of halogens is 1. The Balaban J connectivity index is 2.43. The first-order chi connectivity index (χ1) is 10.6. The summed E-state index contributed by atoms with van der Waals surface area (Å²) in [6, 6.07) is 6.64. The van der Waals surface area contributed by atoms with Crippen LogP contribution in [0, 0.1) is 5.82 Å². The molecule has 5 nitrogen and oxygen atoms in total. The molecule has 0 aliphatic carbocycles. The Morgan fingerprint density at radius 1 is 1.05 bits per heavy atom. The molecule has 0 aliphatic heterocycles. The minimum absolute atomic E-state index is 0.112. The van der Waals surface area contributed by atoms with Crippen LogP contribution in [0.15, 0.2) is 30.5 Å². The van der Waals surface area contributed by atoms with Crippen LogP contribution in [0.3, 0.4) is 0 Å². The van der Waals surface area contributed by atoms with Gasteiger partial charge in [-0.15, -0.1) is 0 Å². The normalized spacial score (nSPS) is 12.6. The van der Waals surface area contributed by atoms with Gasteiger partial charge in [-0.05, 0) is 31.2 Å². The third-order valence-electron chi connectivity index (χ3n) is 3.37. The van der Waals surface area contributed by atoms with Gasteiger partial charge in [0.05, 0.1) is 17.5 Å². The van der Waals surface area contributed by atoms with Gasteiger partial charge in [0.1, 0.15) is 11.5 Å². The van der Waals surface area contributed by atoms with Crippen molar-refractivity contribution in [3.8, 4) is 11.3 Å². The van der Waals surface area contributed by atoms with E-state index in [1.807, 2.05) is 19.1 Å². The van der Waals surface area contributed by atoms with Crippen LogP contribution in [-0.4, -0.2) is 31.3 Å². The van der Waals surface area contributed by atoms with Crippen molar-refractivity contribution in [2.75, 3.05) is 21.3 Å². The maximum atomic E-state index is 13.9. The molecule has 118 valence electrons. The molecule has 2 rings (SSSR count). The molecule has 0 radical (unpaired) electrons. The molecular formula is C16H19FN2O3. The molecule has 22 heavy (non-hydrogen) atoms. The second-order valence-electron chi connectivity index (χ2n) is 4.71. The van der Waals surface area contributed by atoms with Crippen molar-refractivity contribution in [2.24, 2.45) is 0 Å². The van der Waals surface area contributed by atoms with E-state index in [1.165, 1.54) is 20.3 Å². The summed E-state index contributed by atoms with van der Waals surface area (Å²) in [5.41, 5.74) is 2.33. The van der Waals surface area contributed by atoms with Crippen LogP contribution in [0.2, 0.25) is 0 Å². The van der Waals surface area contributed by atoms with E-state index in [-0.39, 0.29) is 11.8 Å². The lowest BCUT2D eigenvalue weighted by Gasteiger charge is -2.15. The van der Waals surface area contributed by atoms with Gasteiger partial charge in [-0.25, -0.2) is 9.37 Å². The standard InChI is InChI=1S/C16H19FN2O3/c1-10(20-2)14-9-11(7-8-18-14)13-6-5-12(17)15(19-13)16(21-3)22-4/h5-10,16H,1-4H3. The molecule has 0 saturated carbocycles. The lowest BCUT2D eigenvalue weighted by atomic mass is 10.1. The monoisotopic (exact) mass is 306 g/mol. The highest BCUT2D eigenvalue weighted by Crippen LogP contribution is 2.25. The fourth-order valence-corrected chi connectivity index (χ4v) is 2.05. The van der Waals surface area contributed by atoms with E-state index in [1.54, 1.807) is 19.4 Å². The first-order valence-electron chi connectivity index (χ1n) is 6.81. The highest BCUT2D eigenvalue weighted by Gasteiger charge is 2.18. The molecule has 0 aromatic carbocycles. The molecule has 0 spiro atoms. The molecule has 1 atom stereocenters. The molecule has 2 aromatic rings. The van der Waals surface area contributed by atoms with Crippen molar-refractivity contribution in [3.05, 3.63) is 47.7 Å². The maximum Gasteiger partial charge on any atom is 0.203 e. The van der Waals surface area contributed by atoms with Gasteiger partial charge >= 0.3 is 0 Å². The summed E-state index contributed by atoms with van der Waals surface area (Å²) in [6.07, 6.45) is 0.694. The van der Waals surface area contributed by atoms with Gasteiger partial charge in [0.2, 0.25) is 6.29 Å². The zero-order chi connectivity index (χ0) is 16.1. The van der Waals surface area contributed by atoms with Crippen molar-refractivity contribution in [1.29, 1.82) is 0 Å². The van der Waals surface area contributed by atoms with Crippen molar-refractivity contribution < 1.29 is 18.6 Å². The first-order valence-corrected chi connectivity index (χ1v) is 6.81. The van der Waals surface area contributed by atoms with Crippen LogP contribution < -0.4 is 0 Å².